The number of nitriles is 1. The number of anilines is 1. The first-order valence-electron chi connectivity index (χ1n) is 7.34. The highest BCUT2D eigenvalue weighted by Gasteiger charge is 2.45. The molecule has 0 spiro atoms. The third-order valence-corrected chi connectivity index (χ3v) is 5.57. The van der Waals surface area contributed by atoms with Crippen molar-refractivity contribution in [3.8, 4) is 6.07 Å². The maximum absolute atomic E-state index is 13.3. The van der Waals surface area contributed by atoms with Crippen LogP contribution in [0.1, 0.15) is 39.2 Å². The number of nitrogens with two attached hydrogens (primary N) is 2. The van der Waals surface area contributed by atoms with Gasteiger partial charge >= 0.3 is 0 Å². The number of carbonyl (C=O) groups excluding carboxylic acids is 1. The van der Waals surface area contributed by atoms with Crippen LogP contribution in [-0.4, -0.2) is 5.78 Å². The molecule has 1 aromatic heterocycles. The lowest BCUT2D eigenvalue weighted by Crippen LogP contribution is -2.39. The van der Waals surface area contributed by atoms with Crippen molar-refractivity contribution in [1.82, 2.24) is 0 Å². The molecule has 23 heavy (non-hydrogen) atoms. The van der Waals surface area contributed by atoms with Crippen molar-refractivity contribution < 1.29 is 4.79 Å². The summed E-state index contributed by atoms with van der Waals surface area (Å²) < 4.78 is 0. The van der Waals surface area contributed by atoms with Gasteiger partial charge in [0, 0.05) is 11.3 Å². The summed E-state index contributed by atoms with van der Waals surface area (Å²) in [6.07, 6.45) is 1.40. The molecule has 5 heteroatoms. The molecule has 1 aromatic carbocycles. The maximum atomic E-state index is 13.3. The van der Waals surface area contributed by atoms with Crippen molar-refractivity contribution >= 4 is 27.8 Å². The van der Waals surface area contributed by atoms with E-state index in [4.69, 9.17) is 11.5 Å². The second-order valence-corrected chi connectivity index (χ2v) is 6.84. The second-order valence-electron chi connectivity index (χ2n) is 5.79. The Bertz CT molecular complexity index is 832. The summed E-state index contributed by atoms with van der Waals surface area (Å²) in [6.45, 7) is 3.76. The number of fused-ring (bicyclic) bond motifs is 1. The zero-order valence-electron chi connectivity index (χ0n) is 12.6. The molecule has 2 aromatic rings. The molecular weight excluding hydrogens is 306 g/mol. The Labute approximate surface area is 139 Å². The molecule has 0 aliphatic heterocycles. The molecule has 0 amide bonds. The molecule has 0 bridgehead atoms. The number of nitrogens with zero attached hydrogens (tertiary/aromatic N) is 1. The molecule has 4 nitrogen and oxygen atoms in total. The summed E-state index contributed by atoms with van der Waals surface area (Å²) in [5.41, 5.74) is 13.9. The minimum absolute atomic E-state index is 0.0318. The first-order valence-corrected chi connectivity index (χ1v) is 8.16. The van der Waals surface area contributed by atoms with Crippen molar-refractivity contribution in [2.45, 2.75) is 24.7 Å². The quantitative estimate of drug-likeness (QED) is 0.907. The highest BCUT2D eigenvalue weighted by molar-refractivity contribution is 7.18. The average Bonchev–Trinajstić information content (AvgIpc) is 2.88. The van der Waals surface area contributed by atoms with E-state index in [2.05, 4.69) is 12.6 Å². The number of hydrogen-bond donors (Lipinski definition) is 2. The van der Waals surface area contributed by atoms with Gasteiger partial charge in [-0.05, 0) is 24.0 Å². The molecular formula is C18H17N3OS. The van der Waals surface area contributed by atoms with Gasteiger partial charge < -0.3 is 11.5 Å². The lowest BCUT2D eigenvalue weighted by molar-refractivity contribution is 0.0868. The van der Waals surface area contributed by atoms with Crippen LogP contribution in [0.25, 0.3) is 5.70 Å². The number of rotatable bonds is 3. The Kier molecular flexibility index (Phi) is 3.70. The molecule has 116 valence electrons. The van der Waals surface area contributed by atoms with E-state index in [1.165, 1.54) is 11.3 Å². The number of hydrogen-bond acceptors (Lipinski definition) is 5. The predicted molar refractivity (Wildman–Crippen MR) is 93.0 cm³/mol. The summed E-state index contributed by atoms with van der Waals surface area (Å²) in [6, 6.07) is 11.7. The van der Waals surface area contributed by atoms with Crippen LogP contribution < -0.4 is 11.5 Å². The zero-order valence-corrected chi connectivity index (χ0v) is 13.5. The Morgan fingerprint density at radius 1 is 1.39 bits per heavy atom. The van der Waals surface area contributed by atoms with Crippen LogP contribution in [0, 0.1) is 11.3 Å². The number of Topliss-reactive ketones (excluding diaryl/α,β-unsaturated/α-hetero) is 1. The summed E-state index contributed by atoms with van der Waals surface area (Å²) in [5.74, 6) is -0.0318. The van der Waals surface area contributed by atoms with Crippen LogP contribution >= 0.6 is 11.3 Å². The number of carbonyl (C=O) groups is 1. The normalized spacial score (nSPS) is 19.9. The molecule has 1 aliphatic carbocycles. The lowest BCUT2D eigenvalue weighted by atomic mass is 9.66. The van der Waals surface area contributed by atoms with Crippen molar-refractivity contribution in [1.29, 1.82) is 5.26 Å². The van der Waals surface area contributed by atoms with Crippen LogP contribution in [0.3, 0.4) is 0 Å². The van der Waals surface area contributed by atoms with Crippen molar-refractivity contribution in [2.75, 3.05) is 5.73 Å². The first kappa shape index (κ1) is 15.3. The van der Waals surface area contributed by atoms with Crippen LogP contribution in [0.15, 0.2) is 36.9 Å². The van der Waals surface area contributed by atoms with Crippen molar-refractivity contribution in [3.63, 3.8) is 0 Å². The van der Waals surface area contributed by atoms with Gasteiger partial charge in [-0.25, -0.2) is 0 Å². The minimum Gasteiger partial charge on any atom is -0.399 e. The van der Waals surface area contributed by atoms with Crippen LogP contribution in [0.4, 0.5) is 5.00 Å². The number of ketones is 1. The van der Waals surface area contributed by atoms with Gasteiger partial charge in [0.25, 0.3) is 0 Å². The molecule has 0 radical (unpaired) electrons. The highest BCUT2D eigenvalue weighted by Crippen LogP contribution is 2.47. The smallest absolute Gasteiger partial charge is 0.184 e. The van der Waals surface area contributed by atoms with E-state index in [0.29, 0.717) is 34.0 Å². The van der Waals surface area contributed by atoms with Gasteiger partial charge in [0.2, 0.25) is 0 Å². The van der Waals surface area contributed by atoms with E-state index in [0.717, 1.165) is 11.1 Å². The molecule has 1 heterocycles. The predicted octanol–water partition coefficient (Wildman–Crippen LogP) is 3.24. The topological polar surface area (TPSA) is 92.9 Å². The van der Waals surface area contributed by atoms with E-state index in [9.17, 15) is 10.1 Å². The fraction of sp³-hybridized carbons (Fsp3) is 0.222. The first-order chi connectivity index (χ1) is 11.0. The second kappa shape index (κ2) is 5.56. The molecule has 4 N–H and O–H groups in total. The summed E-state index contributed by atoms with van der Waals surface area (Å²) in [7, 11) is 0. The summed E-state index contributed by atoms with van der Waals surface area (Å²) in [5, 5.41) is 9.83. The SMILES string of the molecule is C=C(N)c1c(N)sc2c1CCC(CC#N)(c1ccccc1)C2=O. The molecule has 3 rings (SSSR count). The monoisotopic (exact) mass is 323 g/mol. The maximum Gasteiger partial charge on any atom is 0.184 e. The van der Waals surface area contributed by atoms with E-state index in [1.54, 1.807) is 0 Å². The Balaban J connectivity index is 2.18. The number of thiophene rings is 1. The molecule has 0 saturated heterocycles. The fourth-order valence-electron chi connectivity index (χ4n) is 3.37. The van der Waals surface area contributed by atoms with Gasteiger partial charge in [-0.2, -0.15) is 5.26 Å². The molecule has 0 saturated carbocycles. The third kappa shape index (κ3) is 2.23. The van der Waals surface area contributed by atoms with E-state index in [1.807, 2.05) is 30.3 Å². The van der Waals surface area contributed by atoms with Crippen molar-refractivity contribution in [2.24, 2.45) is 5.73 Å². The van der Waals surface area contributed by atoms with Gasteiger partial charge in [-0.15, -0.1) is 11.3 Å². The summed E-state index contributed by atoms with van der Waals surface area (Å²) >= 11 is 1.25. The minimum atomic E-state index is -0.798. The number of benzene rings is 1. The van der Waals surface area contributed by atoms with Gasteiger partial charge in [0.15, 0.2) is 5.78 Å². The van der Waals surface area contributed by atoms with Crippen molar-refractivity contribution in [3.05, 3.63) is 58.5 Å². The van der Waals surface area contributed by atoms with Gasteiger partial charge in [0.1, 0.15) is 0 Å². The lowest BCUT2D eigenvalue weighted by Gasteiger charge is -2.34. The van der Waals surface area contributed by atoms with Gasteiger partial charge in [-0.1, -0.05) is 36.9 Å². The Morgan fingerprint density at radius 2 is 2.09 bits per heavy atom. The largest absolute Gasteiger partial charge is 0.399 e. The highest BCUT2D eigenvalue weighted by atomic mass is 32.1. The van der Waals surface area contributed by atoms with Crippen LogP contribution in [0.5, 0.6) is 0 Å². The summed E-state index contributed by atoms with van der Waals surface area (Å²) in [4.78, 5) is 13.9. The van der Waals surface area contributed by atoms with E-state index in [-0.39, 0.29) is 12.2 Å². The zero-order chi connectivity index (χ0) is 16.6. The average molecular weight is 323 g/mol. The van der Waals surface area contributed by atoms with E-state index >= 15 is 0 Å². The van der Waals surface area contributed by atoms with E-state index < -0.39 is 5.41 Å². The standard InChI is InChI=1S/C18H17N3OS/c1-11(20)14-13-7-8-18(9-10-19,12-5-3-2-4-6-12)16(22)15(13)23-17(14)21/h2-6H,1,7-9,20-21H2. The molecule has 0 fully saturated rings. The third-order valence-electron chi connectivity index (χ3n) is 4.51. The van der Waals surface area contributed by atoms with Crippen LogP contribution in [0.2, 0.25) is 0 Å². The molecule has 1 atom stereocenters. The Hall–Kier alpha value is -2.58. The van der Waals surface area contributed by atoms with Gasteiger partial charge in [-0.3, -0.25) is 4.79 Å². The Morgan fingerprint density at radius 3 is 2.70 bits per heavy atom. The molecule has 1 aliphatic rings. The van der Waals surface area contributed by atoms with Gasteiger partial charge in [0.05, 0.1) is 27.8 Å². The fourth-order valence-corrected chi connectivity index (χ4v) is 4.56. The number of nitrogen functional groups attached to an aromatic ring is 1. The molecule has 1 unspecified atom stereocenters. The van der Waals surface area contributed by atoms with Crippen LogP contribution in [-0.2, 0) is 11.8 Å².